The van der Waals surface area contributed by atoms with Gasteiger partial charge in [-0.3, -0.25) is 15.6 Å². The van der Waals surface area contributed by atoms with Gasteiger partial charge in [0.15, 0.2) is 0 Å². The molecule has 2 aromatic rings. The number of carbonyl (C=O) groups is 1. The maximum atomic E-state index is 12.3. The van der Waals surface area contributed by atoms with Gasteiger partial charge in [0.05, 0.1) is 10.6 Å². The van der Waals surface area contributed by atoms with E-state index in [4.69, 9.17) is 0 Å². The van der Waals surface area contributed by atoms with E-state index in [1.807, 2.05) is 24.3 Å². The molecule has 0 aliphatic heterocycles. The van der Waals surface area contributed by atoms with Crippen molar-refractivity contribution in [2.24, 2.45) is 5.92 Å². The van der Waals surface area contributed by atoms with Gasteiger partial charge in [-0.25, -0.2) is 13.1 Å². The molecule has 2 fully saturated rings. The van der Waals surface area contributed by atoms with Crippen LogP contribution in [0, 0.1) is 5.92 Å². The van der Waals surface area contributed by atoms with Gasteiger partial charge in [-0.15, -0.1) is 0 Å². The summed E-state index contributed by atoms with van der Waals surface area (Å²) in [5.74, 6) is 0.150. The van der Waals surface area contributed by atoms with Crippen molar-refractivity contribution in [2.75, 3.05) is 5.43 Å². The molecular weight excluding hydrogens is 430 g/mol. The number of rotatable bonds is 7. The maximum Gasteiger partial charge on any atom is 0.242 e. The normalized spacial score (nSPS) is 21.5. The van der Waals surface area contributed by atoms with E-state index in [1.54, 1.807) is 12.1 Å². The summed E-state index contributed by atoms with van der Waals surface area (Å²) in [5.41, 5.74) is 7.36. The first-order chi connectivity index (χ1) is 12.9. The fourth-order valence-corrected chi connectivity index (χ4v) is 4.57. The molecule has 2 aliphatic carbocycles. The van der Waals surface area contributed by atoms with Gasteiger partial charge in [0, 0.05) is 16.4 Å². The standard InChI is InChI=1S/C19H20BrN3O3S/c20-13-3-1-12(2-4-13)17-11-18(17)19(24)22-21-14-7-9-16(10-8-14)27(25,26)23-15-5-6-15/h1-4,7-10,15,17-18,21,23H,5-6,11H2,(H,22,24). The van der Waals surface area contributed by atoms with Gasteiger partial charge in [0.2, 0.25) is 15.9 Å². The summed E-state index contributed by atoms with van der Waals surface area (Å²) in [4.78, 5) is 12.5. The lowest BCUT2D eigenvalue weighted by atomic mass is 10.1. The quantitative estimate of drug-likeness (QED) is 0.566. The number of anilines is 1. The molecule has 0 radical (unpaired) electrons. The lowest BCUT2D eigenvalue weighted by Crippen LogP contribution is -2.31. The first kappa shape index (κ1) is 18.5. The van der Waals surface area contributed by atoms with Gasteiger partial charge in [0.25, 0.3) is 0 Å². The Kier molecular flexibility index (Phi) is 4.96. The molecule has 2 aliphatic rings. The third kappa shape index (κ3) is 4.51. The van der Waals surface area contributed by atoms with E-state index in [0.717, 1.165) is 29.3 Å². The molecule has 0 bridgehead atoms. The van der Waals surface area contributed by atoms with Crippen molar-refractivity contribution in [1.29, 1.82) is 0 Å². The molecule has 27 heavy (non-hydrogen) atoms. The molecule has 8 heteroatoms. The van der Waals surface area contributed by atoms with E-state index < -0.39 is 10.0 Å². The topological polar surface area (TPSA) is 87.3 Å². The Labute approximate surface area is 166 Å². The van der Waals surface area contributed by atoms with E-state index in [2.05, 4.69) is 31.5 Å². The summed E-state index contributed by atoms with van der Waals surface area (Å²) < 4.78 is 28.0. The third-order valence-electron chi connectivity index (χ3n) is 4.82. The number of carbonyl (C=O) groups excluding carboxylic acids is 1. The van der Waals surface area contributed by atoms with Crippen LogP contribution in [0.15, 0.2) is 57.9 Å². The van der Waals surface area contributed by atoms with E-state index >= 15 is 0 Å². The second-order valence-corrected chi connectivity index (χ2v) is 9.66. The molecule has 2 saturated carbocycles. The predicted molar refractivity (Wildman–Crippen MR) is 107 cm³/mol. The third-order valence-corrected chi connectivity index (χ3v) is 6.88. The van der Waals surface area contributed by atoms with E-state index in [0.29, 0.717) is 5.69 Å². The van der Waals surface area contributed by atoms with Crippen LogP contribution in [-0.2, 0) is 14.8 Å². The fraction of sp³-hybridized carbons (Fsp3) is 0.316. The molecule has 0 saturated heterocycles. The summed E-state index contributed by atoms with van der Waals surface area (Å²) in [5, 5.41) is 0. The highest BCUT2D eigenvalue weighted by Gasteiger charge is 2.43. The van der Waals surface area contributed by atoms with Gasteiger partial charge in [-0.1, -0.05) is 28.1 Å². The Balaban J connectivity index is 1.30. The molecule has 2 aromatic carbocycles. The van der Waals surface area contributed by atoms with Crippen LogP contribution in [-0.4, -0.2) is 20.4 Å². The minimum absolute atomic E-state index is 0.0407. The van der Waals surface area contributed by atoms with Gasteiger partial charge in [0.1, 0.15) is 0 Å². The largest absolute Gasteiger partial charge is 0.299 e. The Hall–Kier alpha value is -1.90. The molecular formula is C19H20BrN3O3S. The highest BCUT2D eigenvalue weighted by Crippen LogP contribution is 2.47. The molecule has 142 valence electrons. The Bertz CT molecular complexity index is 941. The summed E-state index contributed by atoms with van der Waals surface area (Å²) >= 11 is 3.41. The van der Waals surface area contributed by atoms with Crippen LogP contribution in [0.2, 0.25) is 0 Å². The number of benzene rings is 2. The Morgan fingerprint density at radius 1 is 1.00 bits per heavy atom. The molecule has 2 unspecified atom stereocenters. The number of amides is 1. The van der Waals surface area contributed by atoms with Crippen LogP contribution < -0.4 is 15.6 Å². The van der Waals surface area contributed by atoms with Crippen LogP contribution in [0.5, 0.6) is 0 Å². The first-order valence-corrected chi connectivity index (χ1v) is 11.1. The smallest absolute Gasteiger partial charge is 0.242 e. The van der Waals surface area contributed by atoms with Crippen LogP contribution in [0.4, 0.5) is 5.69 Å². The second-order valence-electron chi connectivity index (χ2n) is 7.03. The van der Waals surface area contributed by atoms with E-state index in [-0.39, 0.29) is 28.7 Å². The summed E-state index contributed by atoms with van der Waals surface area (Å²) in [6.07, 6.45) is 2.62. The van der Waals surface area contributed by atoms with Crippen LogP contribution in [0.25, 0.3) is 0 Å². The number of nitrogens with one attached hydrogen (secondary N) is 3. The maximum absolute atomic E-state index is 12.3. The lowest BCUT2D eigenvalue weighted by Gasteiger charge is -2.10. The molecule has 0 heterocycles. The summed E-state index contributed by atoms with van der Waals surface area (Å²) in [6.45, 7) is 0. The fourth-order valence-electron chi connectivity index (χ4n) is 3.00. The Morgan fingerprint density at radius 2 is 1.67 bits per heavy atom. The average molecular weight is 450 g/mol. The molecule has 1 amide bonds. The van der Waals surface area contributed by atoms with Gasteiger partial charge in [-0.05, 0) is 67.1 Å². The van der Waals surface area contributed by atoms with Crippen molar-refractivity contribution in [1.82, 2.24) is 10.1 Å². The van der Waals surface area contributed by atoms with Crippen molar-refractivity contribution >= 4 is 37.5 Å². The zero-order chi connectivity index (χ0) is 19.0. The summed E-state index contributed by atoms with van der Waals surface area (Å²) in [7, 11) is -3.46. The first-order valence-electron chi connectivity index (χ1n) is 8.86. The van der Waals surface area contributed by atoms with Crippen molar-refractivity contribution in [3.05, 3.63) is 58.6 Å². The number of hydrogen-bond acceptors (Lipinski definition) is 4. The van der Waals surface area contributed by atoms with Crippen LogP contribution in [0.3, 0.4) is 0 Å². The second kappa shape index (κ2) is 7.26. The molecule has 3 N–H and O–H groups in total. The highest BCUT2D eigenvalue weighted by atomic mass is 79.9. The zero-order valence-corrected chi connectivity index (χ0v) is 16.9. The molecule has 6 nitrogen and oxygen atoms in total. The van der Waals surface area contributed by atoms with Gasteiger partial charge >= 0.3 is 0 Å². The van der Waals surface area contributed by atoms with Crippen LogP contribution in [0.1, 0.15) is 30.7 Å². The van der Waals surface area contributed by atoms with Crippen molar-refractivity contribution in [3.8, 4) is 0 Å². The number of hydrogen-bond donors (Lipinski definition) is 3. The van der Waals surface area contributed by atoms with Crippen molar-refractivity contribution < 1.29 is 13.2 Å². The number of sulfonamides is 1. The summed E-state index contributed by atoms with van der Waals surface area (Å²) in [6, 6.07) is 14.4. The molecule has 4 rings (SSSR count). The predicted octanol–water partition coefficient (Wildman–Crippen LogP) is 3.14. The van der Waals surface area contributed by atoms with Crippen molar-refractivity contribution in [2.45, 2.75) is 36.1 Å². The zero-order valence-electron chi connectivity index (χ0n) is 14.5. The number of halogens is 1. The van der Waals surface area contributed by atoms with Crippen LogP contribution >= 0.6 is 15.9 Å². The molecule has 2 atom stereocenters. The molecule has 0 aromatic heterocycles. The Morgan fingerprint density at radius 3 is 2.30 bits per heavy atom. The van der Waals surface area contributed by atoms with Crippen molar-refractivity contribution in [3.63, 3.8) is 0 Å². The molecule has 0 spiro atoms. The monoisotopic (exact) mass is 449 g/mol. The highest BCUT2D eigenvalue weighted by molar-refractivity contribution is 9.10. The lowest BCUT2D eigenvalue weighted by molar-refractivity contribution is -0.121. The SMILES string of the molecule is O=C(NNc1ccc(S(=O)(=O)NC2CC2)cc1)C1CC1c1ccc(Br)cc1. The minimum Gasteiger partial charge on any atom is -0.299 e. The van der Waals surface area contributed by atoms with Gasteiger partial charge in [-0.2, -0.15) is 0 Å². The van der Waals surface area contributed by atoms with E-state index in [9.17, 15) is 13.2 Å². The van der Waals surface area contributed by atoms with E-state index in [1.165, 1.54) is 12.1 Å². The number of hydrazine groups is 1. The average Bonchev–Trinajstić information content (AvgIpc) is 3.56. The van der Waals surface area contributed by atoms with Gasteiger partial charge < -0.3 is 0 Å². The minimum atomic E-state index is -3.46.